The Morgan fingerprint density at radius 1 is 0.377 bits per heavy atom. The second-order valence-corrected chi connectivity index (χ2v) is 20.6. The summed E-state index contributed by atoms with van der Waals surface area (Å²) in [6.45, 7) is 4.74. The summed E-state index contributed by atoms with van der Waals surface area (Å²) in [6.07, 6.45) is 0. The summed E-state index contributed by atoms with van der Waals surface area (Å²) in [5, 5.41) is 7.17. The smallest absolute Gasteiger partial charge is 0.140 e. The van der Waals surface area contributed by atoms with Crippen LogP contribution in [0, 0.1) is 0 Å². The summed E-state index contributed by atoms with van der Waals surface area (Å²) in [7, 11) is 0. The molecule has 324 valence electrons. The van der Waals surface area contributed by atoms with Gasteiger partial charge in [-0.2, -0.15) is 0 Å². The van der Waals surface area contributed by atoms with Crippen LogP contribution in [0.3, 0.4) is 0 Å². The minimum absolute atomic E-state index is 0.136. The standard InChI is InChI=1S/C66H43NOS/c1-65(2)53-24-10-8-23-52(53)62-55(65)26-14-27-59(62)67(45-32-34-51-50-22-9-12-28-60(50)69-61(51)39-45)44-18-13-17-42(37-44)43-29-33-49-48-21-7-11-25-54(48)66(58(49)38-43)56-35-30-40-15-3-5-19-46(40)63(56)68-64-47-20-6-4-16-41(47)31-36-57(64)66/h3-39H,1-2H3. The number of fused-ring (bicyclic) bond motifs is 19. The van der Waals surface area contributed by atoms with E-state index in [0.29, 0.717) is 0 Å². The fraction of sp³-hybridized carbons (Fsp3) is 0.0606. The number of hydrogen-bond acceptors (Lipinski definition) is 3. The molecule has 0 radical (unpaired) electrons. The molecule has 1 spiro atoms. The average Bonchev–Trinajstić information content (AvgIpc) is 4.00. The van der Waals surface area contributed by atoms with E-state index in [1.165, 1.54) is 97.8 Å². The van der Waals surface area contributed by atoms with Crippen molar-refractivity contribution in [3.8, 4) is 44.9 Å². The maximum absolute atomic E-state index is 7.27. The van der Waals surface area contributed by atoms with Crippen LogP contribution in [0.1, 0.15) is 47.2 Å². The van der Waals surface area contributed by atoms with Crippen LogP contribution in [-0.4, -0.2) is 0 Å². The fourth-order valence-corrected chi connectivity index (χ4v) is 13.7. The molecule has 1 aromatic heterocycles. The number of ether oxygens (including phenoxy) is 1. The van der Waals surface area contributed by atoms with Crippen molar-refractivity contribution in [2.24, 2.45) is 0 Å². The van der Waals surface area contributed by atoms with E-state index in [1.54, 1.807) is 0 Å². The van der Waals surface area contributed by atoms with Crippen LogP contribution in [0.15, 0.2) is 224 Å². The highest BCUT2D eigenvalue weighted by molar-refractivity contribution is 7.25. The van der Waals surface area contributed by atoms with Crippen molar-refractivity contribution in [2.45, 2.75) is 24.7 Å². The van der Waals surface area contributed by atoms with Crippen molar-refractivity contribution in [1.29, 1.82) is 0 Å². The molecule has 0 fully saturated rings. The van der Waals surface area contributed by atoms with E-state index in [2.05, 4.69) is 243 Å². The fourth-order valence-electron chi connectivity index (χ4n) is 12.6. The lowest BCUT2D eigenvalue weighted by atomic mass is 9.65. The van der Waals surface area contributed by atoms with Gasteiger partial charge in [-0.25, -0.2) is 0 Å². The molecule has 0 N–H and O–H groups in total. The molecule has 2 aliphatic carbocycles. The van der Waals surface area contributed by atoms with E-state index in [4.69, 9.17) is 4.74 Å². The number of hydrogen-bond donors (Lipinski definition) is 0. The van der Waals surface area contributed by atoms with Crippen molar-refractivity contribution >= 4 is 70.1 Å². The summed E-state index contributed by atoms with van der Waals surface area (Å²) in [5.41, 5.74) is 17.7. The lowest BCUT2D eigenvalue weighted by Gasteiger charge is -2.40. The average molecular weight is 898 g/mol. The summed E-state index contributed by atoms with van der Waals surface area (Å²) < 4.78 is 9.86. The topological polar surface area (TPSA) is 12.5 Å². The van der Waals surface area contributed by atoms with Gasteiger partial charge in [-0.15, -0.1) is 11.3 Å². The predicted molar refractivity (Wildman–Crippen MR) is 289 cm³/mol. The molecule has 0 bridgehead atoms. The van der Waals surface area contributed by atoms with Gasteiger partial charge < -0.3 is 9.64 Å². The maximum atomic E-state index is 7.27. The van der Waals surface area contributed by atoms with Gasteiger partial charge in [0, 0.05) is 64.4 Å². The Balaban J connectivity index is 0.968. The zero-order chi connectivity index (χ0) is 45.6. The molecule has 2 heterocycles. The molecule has 0 amide bonds. The van der Waals surface area contributed by atoms with Crippen molar-refractivity contribution < 1.29 is 4.74 Å². The quantitative estimate of drug-likeness (QED) is 0.175. The number of benzene rings is 11. The first-order valence-corrected chi connectivity index (χ1v) is 24.8. The minimum atomic E-state index is -0.632. The van der Waals surface area contributed by atoms with Crippen molar-refractivity contribution in [3.05, 3.63) is 258 Å². The Morgan fingerprint density at radius 3 is 1.75 bits per heavy atom. The molecule has 0 unspecified atom stereocenters. The predicted octanol–water partition coefficient (Wildman–Crippen LogP) is 18.3. The van der Waals surface area contributed by atoms with Crippen LogP contribution in [-0.2, 0) is 10.8 Å². The monoisotopic (exact) mass is 897 g/mol. The van der Waals surface area contributed by atoms with Gasteiger partial charge in [-0.3, -0.25) is 0 Å². The van der Waals surface area contributed by atoms with E-state index >= 15 is 0 Å². The molecule has 0 saturated heterocycles. The third-order valence-electron chi connectivity index (χ3n) is 15.7. The molecule has 0 saturated carbocycles. The van der Waals surface area contributed by atoms with Gasteiger partial charge in [0.25, 0.3) is 0 Å². The highest BCUT2D eigenvalue weighted by atomic mass is 32.1. The Kier molecular flexibility index (Phi) is 7.96. The molecule has 3 heteroatoms. The molecule has 15 rings (SSSR count). The number of thiophene rings is 1. The lowest BCUT2D eigenvalue weighted by Crippen LogP contribution is -2.32. The number of rotatable bonds is 4. The van der Waals surface area contributed by atoms with Crippen molar-refractivity contribution in [3.63, 3.8) is 0 Å². The Morgan fingerprint density at radius 2 is 0.971 bits per heavy atom. The van der Waals surface area contributed by atoms with Crippen LogP contribution >= 0.6 is 11.3 Å². The normalized spacial score (nSPS) is 14.3. The first kappa shape index (κ1) is 38.8. The molecular weight excluding hydrogens is 855 g/mol. The Bertz CT molecular complexity index is 4090. The zero-order valence-corrected chi connectivity index (χ0v) is 38.9. The van der Waals surface area contributed by atoms with Gasteiger partial charge in [0.05, 0.1) is 11.1 Å². The first-order valence-electron chi connectivity index (χ1n) is 24.0. The molecule has 0 atom stereocenters. The van der Waals surface area contributed by atoms with E-state index in [0.717, 1.165) is 39.2 Å². The van der Waals surface area contributed by atoms with Gasteiger partial charge in [-0.1, -0.05) is 196 Å². The second kappa shape index (κ2) is 14.1. The van der Waals surface area contributed by atoms with E-state index in [1.807, 2.05) is 11.3 Å². The summed E-state index contributed by atoms with van der Waals surface area (Å²) in [5.74, 6) is 1.86. The van der Waals surface area contributed by atoms with Gasteiger partial charge in [-0.05, 0) is 103 Å². The molecule has 11 aromatic carbocycles. The Labute approximate surface area is 405 Å². The SMILES string of the molecule is CC1(C)c2ccccc2-c2c(N(c3cccc(-c4ccc5c(c4)C4(c6ccccc6-5)c5ccc6ccccc6c5Oc5c4ccc4ccccc54)c3)c3ccc4c(c3)sc3ccccc34)cccc21. The number of anilines is 3. The van der Waals surface area contributed by atoms with Crippen molar-refractivity contribution in [2.75, 3.05) is 4.90 Å². The van der Waals surface area contributed by atoms with Crippen LogP contribution in [0.2, 0.25) is 0 Å². The second-order valence-electron chi connectivity index (χ2n) is 19.5. The summed E-state index contributed by atoms with van der Waals surface area (Å²) in [4.78, 5) is 2.51. The highest BCUT2D eigenvalue weighted by Gasteiger charge is 2.52. The molecule has 1 aliphatic heterocycles. The first-order chi connectivity index (χ1) is 34.0. The molecule has 69 heavy (non-hydrogen) atoms. The molecule has 12 aromatic rings. The molecule has 2 nitrogen and oxygen atoms in total. The minimum Gasteiger partial charge on any atom is -0.455 e. The number of nitrogens with zero attached hydrogens (tertiary/aromatic N) is 1. The third-order valence-corrected chi connectivity index (χ3v) is 16.8. The van der Waals surface area contributed by atoms with E-state index in [9.17, 15) is 0 Å². The van der Waals surface area contributed by atoms with Gasteiger partial charge in [0.15, 0.2) is 0 Å². The largest absolute Gasteiger partial charge is 0.455 e. The van der Waals surface area contributed by atoms with Gasteiger partial charge in [0.2, 0.25) is 0 Å². The van der Waals surface area contributed by atoms with E-state index < -0.39 is 5.41 Å². The lowest BCUT2D eigenvalue weighted by molar-refractivity contribution is 0.447. The third kappa shape index (κ3) is 5.26. The molecule has 3 aliphatic rings. The summed E-state index contributed by atoms with van der Waals surface area (Å²) >= 11 is 1.87. The van der Waals surface area contributed by atoms with Crippen molar-refractivity contribution in [1.82, 2.24) is 0 Å². The molecular formula is C66H43NOS. The van der Waals surface area contributed by atoms with Crippen LogP contribution in [0.5, 0.6) is 11.5 Å². The maximum Gasteiger partial charge on any atom is 0.140 e. The Hall–Kier alpha value is -8.24. The van der Waals surface area contributed by atoms with E-state index in [-0.39, 0.29) is 5.41 Å². The summed E-state index contributed by atoms with van der Waals surface area (Å²) in [6, 6.07) is 83.8. The van der Waals surface area contributed by atoms with Gasteiger partial charge >= 0.3 is 0 Å². The zero-order valence-electron chi connectivity index (χ0n) is 38.1. The van der Waals surface area contributed by atoms with Gasteiger partial charge in [0.1, 0.15) is 11.5 Å². The van der Waals surface area contributed by atoms with Crippen LogP contribution in [0.4, 0.5) is 17.1 Å². The highest BCUT2D eigenvalue weighted by Crippen LogP contribution is 2.64. The van der Waals surface area contributed by atoms with Crippen LogP contribution < -0.4 is 9.64 Å². The van der Waals surface area contributed by atoms with Crippen LogP contribution in [0.25, 0.3) is 75.1 Å².